The summed E-state index contributed by atoms with van der Waals surface area (Å²) in [6.07, 6.45) is 7.33. The topological polar surface area (TPSA) is 69.7 Å². The molecule has 0 radical (unpaired) electrons. The van der Waals surface area contributed by atoms with Gasteiger partial charge in [0.05, 0.1) is 10.4 Å². The summed E-state index contributed by atoms with van der Waals surface area (Å²) in [5, 5.41) is 3.16. The molecule has 2 aliphatic carbocycles. The maximum Gasteiger partial charge on any atom is 0.317 e. The van der Waals surface area contributed by atoms with Crippen molar-refractivity contribution in [1.82, 2.24) is 14.5 Å². The molecule has 0 aromatic heterocycles. The van der Waals surface area contributed by atoms with E-state index >= 15 is 0 Å². The van der Waals surface area contributed by atoms with Gasteiger partial charge < -0.3 is 10.2 Å². The minimum Gasteiger partial charge on any atom is -0.335 e. The van der Waals surface area contributed by atoms with Crippen molar-refractivity contribution in [3.63, 3.8) is 0 Å². The number of benzene rings is 1. The molecule has 1 spiro atoms. The van der Waals surface area contributed by atoms with E-state index in [0.29, 0.717) is 36.9 Å². The highest BCUT2D eigenvalue weighted by atomic mass is 32.2. The van der Waals surface area contributed by atoms with Gasteiger partial charge in [-0.25, -0.2) is 13.2 Å². The van der Waals surface area contributed by atoms with Crippen LogP contribution in [0.15, 0.2) is 29.2 Å². The first kappa shape index (κ1) is 17.5. The number of urea groups is 1. The van der Waals surface area contributed by atoms with E-state index in [1.807, 2.05) is 17.0 Å². The van der Waals surface area contributed by atoms with E-state index in [-0.39, 0.29) is 12.1 Å². The molecular weight excluding hydrogens is 362 g/mol. The van der Waals surface area contributed by atoms with Gasteiger partial charge in [0.2, 0.25) is 10.0 Å². The third kappa shape index (κ3) is 2.78. The van der Waals surface area contributed by atoms with Gasteiger partial charge in [-0.1, -0.05) is 31.0 Å². The van der Waals surface area contributed by atoms with E-state index in [1.54, 1.807) is 16.4 Å². The number of amides is 2. The first-order valence-electron chi connectivity index (χ1n) is 10.2. The number of fused-ring (bicyclic) bond motifs is 2. The van der Waals surface area contributed by atoms with Crippen molar-refractivity contribution in [2.45, 2.75) is 61.4 Å². The summed E-state index contributed by atoms with van der Waals surface area (Å²) in [6.45, 7) is 1.63. The summed E-state index contributed by atoms with van der Waals surface area (Å²) in [4.78, 5) is 15.1. The summed E-state index contributed by atoms with van der Waals surface area (Å²) < 4.78 is 28.3. The number of nitrogens with one attached hydrogen (secondary N) is 1. The fraction of sp³-hybridized carbons (Fsp3) is 0.650. The van der Waals surface area contributed by atoms with Crippen LogP contribution < -0.4 is 5.32 Å². The highest BCUT2D eigenvalue weighted by Gasteiger charge is 2.58. The van der Waals surface area contributed by atoms with Gasteiger partial charge in [-0.2, -0.15) is 4.31 Å². The minimum atomic E-state index is -3.49. The third-order valence-electron chi connectivity index (χ3n) is 6.77. The van der Waals surface area contributed by atoms with Crippen molar-refractivity contribution in [1.29, 1.82) is 0 Å². The highest BCUT2D eigenvalue weighted by Crippen LogP contribution is 2.51. The monoisotopic (exact) mass is 389 g/mol. The Kier molecular flexibility index (Phi) is 4.02. The Balaban J connectivity index is 1.45. The SMILES string of the molecule is O=C(NC1CCCC1)N1CCC2(C1)c1ccccc1S(=O)(=O)N2CC1CC1. The lowest BCUT2D eigenvalue weighted by molar-refractivity contribution is 0.176. The molecule has 1 saturated heterocycles. The Morgan fingerprint density at radius 2 is 1.89 bits per heavy atom. The maximum atomic E-state index is 13.3. The van der Waals surface area contributed by atoms with Gasteiger partial charge in [0.25, 0.3) is 0 Å². The molecule has 1 N–H and O–H groups in total. The van der Waals surface area contributed by atoms with Crippen LogP contribution in [0, 0.1) is 5.92 Å². The maximum absolute atomic E-state index is 13.3. The molecular formula is C20H27N3O3S. The Morgan fingerprint density at radius 3 is 2.63 bits per heavy atom. The minimum absolute atomic E-state index is 0.0353. The second-order valence-electron chi connectivity index (χ2n) is 8.61. The van der Waals surface area contributed by atoms with Crippen LogP contribution in [0.4, 0.5) is 4.79 Å². The van der Waals surface area contributed by atoms with Crippen LogP contribution in [0.3, 0.4) is 0 Å². The summed E-state index contributed by atoms with van der Waals surface area (Å²) in [7, 11) is -3.49. The van der Waals surface area contributed by atoms with Crippen molar-refractivity contribution in [3.8, 4) is 0 Å². The quantitative estimate of drug-likeness (QED) is 0.864. The molecule has 2 amide bonds. The number of hydrogen-bond acceptors (Lipinski definition) is 3. The van der Waals surface area contributed by atoms with Gasteiger partial charge in [0.1, 0.15) is 0 Å². The molecule has 3 fully saturated rings. The zero-order valence-electron chi connectivity index (χ0n) is 15.6. The number of carbonyl (C=O) groups is 1. The molecule has 2 heterocycles. The molecule has 2 aliphatic heterocycles. The fourth-order valence-corrected chi connectivity index (χ4v) is 7.23. The molecule has 6 nitrogen and oxygen atoms in total. The van der Waals surface area contributed by atoms with Gasteiger partial charge >= 0.3 is 6.03 Å². The molecule has 0 bridgehead atoms. The molecule has 7 heteroatoms. The average molecular weight is 390 g/mol. The molecule has 27 heavy (non-hydrogen) atoms. The fourth-order valence-electron chi connectivity index (χ4n) is 5.09. The molecule has 1 atom stereocenters. The lowest BCUT2D eigenvalue weighted by Crippen LogP contribution is -2.49. The van der Waals surface area contributed by atoms with Gasteiger partial charge in [-0.05, 0) is 49.7 Å². The summed E-state index contributed by atoms with van der Waals surface area (Å²) in [5.74, 6) is 0.465. The predicted octanol–water partition coefficient (Wildman–Crippen LogP) is 2.65. The van der Waals surface area contributed by atoms with Crippen LogP contribution in [0.1, 0.15) is 50.5 Å². The van der Waals surface area contributed by atoms with Crippen molar-refractivity contribution in [3.05, 3.63) is 29.8 Å². The molecule has 4 aliphatic rings. The van der Waals surface area contributed by atoms with Gasteiger partial charge in [0, 0.05) is 25.7 Å². The first-order chi connectivity index (χ1) is 13.0. The number of carbonyl (C=O) groups excluding carboxylic acids is 1. The Labute approximate surface area is 161 Å². The van der Waals surface area contributed by atoms with Crippen molar-refractivity contribution < 1.29 is 13.2 Å². The van der Waals surface area contributed by atoms with Crippen LogP contribution in [0.2, 0.25) is 0 Å². The van der Waals surface area contributed by atoms with Crippen LogP contribution >= 0.6 is 0 Å². The van der Waals surface area contributed by atoms with Crippen LogP contribution in [-0.4, -0.2) is 49.3 Å². The van der Waals surface area contributed by atoms with Crippen molar-refractivity contribution in [2.75, 3.05) is 19.6 Å². The molecule has 5 rings (SSSR count). The zero-order chi connectivity index (χ0) is 18.6. The van der Waals surface area contributed by atoms with E-state index in [9.17, 15) is 13.2 Å². The lowest BCUT2D eigenvalue weighted by Gasteiger charge is -2.34. The zero-order valence-corrected chi connectivity index (χ0v) is 16.4. The number of nitrogens with zero attached hydrogens (tertiary/aromatic N) is 2. The van der Waals surface area contributed by atoms with Gasteiger partial charge in [0.15, 0.2) is 0 Å². The normalized spacial score (nSPS) is 30.1. The van der Waals surface area contributed by atoms with E-state index in [0.717, 1.165) is 31.2 Å². The number of rotatable bonds is 3. The van der Waals surface area contributed by atoms with Crippen LogP contribution in [-0.2, 0) is 15.6 Å². The number of hydrogen-bond donors (Lipinski definition) is 1. The summed E-state index contributed by atoms with van der Waals surface area (Å²) in [6, 6.07) is 7.61. The second kappa shape index (κ2) is 6.21. The highest BCUT2D eigenvalue weighted by molar-refractivity contribution is 7.89. The van der Waals surface area contributed by atoms with E-state index in [4.69, 9.17) is 0 Å². The molecule has 146 valence electrons. The predicted molar refractivity (Wildman–Crippen MR) is 102 cm³/mol. The summed E-state index contributed by atoms with van der Waals surface area (Å²) in [5.41, 5.74) is 0.284. The largest absolute Gasteiger partial charge is 0.335 e. The van der Waals surface area contributed by atoms with E-state index < -0.39 is 15.6 Å². The van der Waals surface area contributed by atoms with Crippen molar-refractivity contribution in [2.24, 2.45) is 5.92 Å². The number of likely N-dealkylation sites (tertiary alicyclic amines) is 1. The molecule has 1 aromatic carbocycles. The molecule has 1 aromatic rings. The molecule has 2 saturated carbocycles. The first-order valence-corrected chi connectivity index (χ1v) is 11.6. The molecule has 1 unspecified atom stereocenters. The second-order valence-corrected chi connectivity index (χ2v) is 10.4. The standard InChI is InChI=1S/C20H27N3O3S/c24-19(21-16-5-1-2-6-16)22-12-11-20(14-22)17-7-3-4-8-18(17)27(25,26)23(20)13-15-9-10-15/h3-4,7-8,15-16H,1-2,5-6,9-14H2,(H,21,24). The van der Waals surface area contributed by atoms with Gasteiger partial charge in [-0.15, -0.1) is 0 Å². The Bertz CT molecular complexity index is 861. The van der Waals surface area contributed by atoms with Crippen molar-refractivity contribution >= 4 is 16.1 Å². The lowest BCUT2D eigenvalue weighted by atomic mass is 9.88. The Morgan fingerprint density at radius 1 is 1.15 bits per heavy atom. The van der Waals surface area contributed by atoms with E-state index in [1.165, 1.54) is 12.8 Å². The number of sulfonamides is 1. The summed E-state index contributed by atoms with van der Waals surface area (Å²) >= 11 is 0. The third-order valence-corrected chi connectivity index (χ3v) is 8.76. The average Bonchev–Trinajstić information content (AvgIpc) is 3.09. The van der Waals surface area contributed by atoms with Crippen LogP contribution in [0.5, 0.6) is 0 Å². The smallest absolute Gasteiger partial charge is 0.317 e. The Hall–Kier alpha value is -1.60. The van der Waals surface area contributed by atoms with E-state index in [2.05, 4.69) is 5.32 Å². The van der Waals surface area contributed by atoms with Crippen LogP contribution in [0.25, 0.3) is 0 Å². The van der Waals surface area contributed by atoms with Gasteiger partial charge in [-0.3, -0.25) is 0 Å².